The summed E-state index contributed by atoms with van der Waals surface area (Å²) in [6, 6.07) is 6.36. The van der Waals surface area contributed by atoms with Crippen LogP contribution in [0.15, 0.2) is 29.2 Å². The summed E-state index contributed by atoms with van der Waals surface area (Å²) in [6.45, 7) is 1.88. The third kappa shape index (κ3) is 1.82. The van der Waals surface area contributed by atoms with Gasteiger partial charge in [-0.2, -0.15) is 5.26 Å². The number of carbonyl (C=O) groups is 1. The van der Waals surface area contributed by atoms with Crippen LogP contribution in [0.2, 0.25) is 0 Å². The number of rotatable bonds is 2. The van der Waals surface area contributed by atoms with Crippen molar-refractivity contribution in [1.29, 1.82) is 5.26 Å². The van der Waals surface area contributed by atoms with Crippen molar-refractivity contribution < 1.29 is 9.53 Å². The predicted octanol–water partition coefficient (Wildman–Crippen LogP) is 0.743. The van der Waals surface area contributed by atoms with Crippen molar-refractivity contribution in [3.8, 4) is 6.07 Å². The summed E-state index contributed by atoms with van der Waals surface area (Å²) in [5.41, 5.74) is -0.344. The van der Waals surface area contributed by atoms with Gasteiger partial charge in [0, 0.05) is 0 Å². The minimum atomic E-state index is -0.623. The molecule has 2 rings (SSSR count). The summed E-state index contributed by atoms with van der Waals surface area (Å²) < 4.78 is 5.94. The summed E-state index contributed by atoms with van der Waals surface area (Å²) in [7, 11) is 0. The number of hydrogen-bond donors (Lipinski definition) is 0. The number of esters is 1. The molecule has 2 aromatic heterocycles. The highest BCUT2D eigenvalue weighted by atomic mass is 16.5. The lowest BCUT2D eigenvalue weighted by atomic mass is 10.3. The maximum atomic E-state index is 12.0. The Balaban J connectivity index is 2.79. The van der Waals surface area contributed by atoms with Crippen LogP contribution >= 0.6 is 0 Å². The second kappa shape index (κ2) is 4.67. The van der Waals surface area contributed by atoms with Crippen LogP contribution in [0.5, 0.6) is 0 Å². The van der Waals surface area contributed by atoms with E-state index in [1.807, 2.05) is 0 Å². The minimum Gasteiger partial charge on any atom is -0.461 e. The minimum absolute atomic E-state index is 0.0592. The molecule has 0 spiro atoms. The van der Waals surface area contributed by atoms with Crippen molar-refractivity contribution in [3.05, 3.63) is 46.0 Å². The van der Waals surface area contributed by atoms with Gasteiger partial charge in [-0.25, -0.2) is 9.78 Å². The number of aromatic nitrogens is 2. The van der Waals surface area contributed by atoms with E-state index in [1.165, 1.54) is 12.3 Å². The second-order valence-electron chi connectivity index (χ2n) is 3.41. The zero-order valence-corrected chi connectivity index (χ0v) is 9.58. The number of ether oxygens (including phenoxy) is 1. The highest BCUT2D eigenvalue weighted by Gasteiger charge is 2.14. The average Bonchev–Trinajstić information content (AvgIpc) is 2.39. The Labute approximate surface area is 102 Å². The van der Waals surface area contributed by atoms with Gasteiger partial charge in [-0.3, -0.25) is 9.20 Å². The molecule has 6 heteroatoms. The Bertz CT molecular complexity index is 713. The maximum absolute atomic E-state index is 12.0. The highest BCUT2D eigenvalue weighted by Crippen LogP contribution is 2.05. The molecule has 0 fully saturated rings. The SMILES string of the molecule is CCOC(=O)c1cccc2ncc(C#N)c(=O)n12. The van der Waals surface area contributed by atoms with Crippen molar-refractivity contribution in [2.24, 2.45) is 0 Å². The molecule has 0 radical (unpaired) electrons. The molecule has 0 atom stereocenters. The van der Waals surface area contributed by atoms with Crippen molar-refractivity contribution in [2.45, 2.75) is 6.92 Å². The van der Waals surface area contributed by atoms with Gasteiger partial charge in [0.25, 0.3) is 5.56 Å². The zero-order chi connectivity index (χ0) is 13.1. The van der Waals surface area contributed by atoms with Crippen LogP contribution in [0.25, 0.3) is 5.65 Å². The van der Waals surface area contributed by atoms with E-state index in [1.54, 1.807) is 25.1 Å². The molecule has 0 aliphatic carbocycles. The van der Waals surface area contributed by atoms with Gasteiger partial charge >= 0.3 is 5.97 Å². The van der Waals surface area contributed by atoms with Gasteiger partial charge in [0.1, 0.15) is 23.0 Å². The first-order valence-electron chi connectivity index (χ1n) is 5.27. The molecule has 0 amide bonds. The molecular formula is C12H9N3O3. The van der Waals surface area contributed by atoms with E-state index in [9.17, 15) is 9.59 Å². The van der Waals surface area contributed by atoms with E-state index in [0.717, 1.165) is 4.40 Å². The molecule has 18 heavy (non-hydrogen) atoms. The van der Waals surface area contributed by atoms with E-state index >= 15 is 0 Å². The Hall–Kier alpha value is -2.68. The van der Waals surface area contributed by atoms with Crippen LogP contribution in [0.4, 0.5) is 0 Å². The summed E-state index contributed by atoms with van der Waals surface area (Å²) in [5, 5.41) is 8.79. The largest absolute Gasteiger partial charge is 0.461 e. The van der Waals surface area contributed by atoms with E-state index in [2.05, 4.69) is 4.98 Å². The maximum Gasteiger partial charge on any atom is 0.355 e. The topological polar surface area (TPSA) is 84.5 Å². The molecular weight excluding hydrogens is 234 g/mol. The smallest absolute Gasteiger partial charge is 0.355 e. The summed E-state index contributed by atoms with van der Waals surface area (Å²) in [5.74, 6) is -0.623. The van der Waals surface area contributed by atoms with Crippen LogP contribution in [-0.2, 0) is 4.74 Å². The normalized spacial score (nSPS) is 10.0. The van der Waals surface area contributed by atoms with Crippen molar-refractivity contribution in [3.63, 3.8) is 0 Å². The molecule has 2 heterocycles. The third-order valence-electron chi connectivity index (χ3n) is 2.33. The summed E-state index contributed by atoms with van der Waals surface area (Å²) in [4.78, 5) is 27.6. The van der Waals surface area contributed by atoms with Crippen LogP contribution < -0.4 is 5.56 Å². The van der Waals surface area contributed by atoms with Gasteiger partial charge in [0.2, 0.25) is 0 Å². The lowest BCUT2D eigenvalue weighted by Gasteiger charge is -2.06. The van der Waals surface area contributed by atoms with Crippen LogP contribution in [-0.4, -0.2) is 22.0 Å². The van der Waals surface area contributed by atoms with E-state index in [0.29, 0.717) is 5.65 Å². The Morgan fingerprint density at radius 2 is 2.33 bits per heavy atom. The zero-order valence-electron chi connectivity index (χ0n) is 9.58. The first-order valence-corrected chi connectivity index (χ1v) is 5.27. The van der Waals surface area contributed by atoms with Gasteiger partial charge in [-0.05, 0) is 19.1 Å². The molecule has 0 saturated heterocycles. The predicted molar refractivity (Wildman–Crippen MR) is 62.1 cm³/mol. The first-order chi connectivity index (χ1) is 8.69. The average molecular weight is 243 g/mol. The molecule has 0 N–H and O–H groups in total. The molecule has 0 aliphatic heterocycles. The third-order valence-corrected chi connectivity index (χ3v) is 2.33. The van der Waals surface area contributed by atoms with Crippen molar-refractivity contribution in [1.82, 2.24) is 9.38 Å². The molecule has 0 unspecified atom stereocenters. The molecule has 0 bridgehead atoms. The van der Waals surface area contributed by atoms with Gasteiger partial charge < -0.3 is 4.74 Å². The molecule has 6 nitrogen and oxygen atoms in total. The van der Waals surface area contributed by atoms with Gasteiger partial charge in [-0.15, -0.1) is 0 Å². The molecule has 0 aliphatic rings. The fourth-order valence-corrected chi connectivity index (χ4v) is 1.56. The number of pyridine rings is 1. The Morgan fingerprint density at radius 3 is 3.00 bits per heavy atom. The molecule has 2 aromatic rings. The van der Waals surface area contributed by atoms with Crippen LogP contribution in [0.3, 0.4) is 0 Å². The number of nitrogens with zero attached hydrogens (tertiary/aromatic N) is 3. The molecule has 0 saturated carbocycles. The van der Waals surface area contributed by atoms with Crippen molar-refractivity contribution >= 4 is 11.6 Å². The number of fused-ring (bicyclic) bond motifs is 1. The highest BCUT2D eigenvalue weighted by molar-refractivity contribution is 5.88. The fourth-order valence-electron chi connectivity index (χ4n) is 1.56. The first kappa shape index (κ1) is 11.8. The fraction of sp³-hybridized carbons (Fsp3) is 0.167. The quantitative estimate of drug-likeness (QED) is 0.726. The van der Waals surface area contributed by atoms with Gasteiger partial charge in [0.15, 0.2) is 0 Å². The van der Waals surface area contributed by atoms with Crippen molar-refractivity contribution in [2.75, 3.05) is 6.61 Å². The Kier molecular flexibility index (Phi) is 3.06. The standard InChI is InChI=1S/C12H9N3O3/c1-2-18-12(17)9-4-3-5-10-14-7-8(6-13)11(16)15(9)10/h3-5,7H,2H2,1H3. The molecule has 0 aromatic carbocycles. The van der Waals surface area contributed by atoms with Crippen LogP contribution in [0, 0.1) is 11.3 Å². The number of carbonyl (C=O) groups excluding carboxylic acids is 1. The lowest BCUT2D eigenvalue weighted by molar-refractivity contribution is 0.0517. The number of hydrogen-bond acceptors (Lipinski definition) is 5. The second-order valence-corrected chi connectivity index (χ2v) is 3.41. The Morgan fingerprint density at radius 1 is 1.56 bits per heavy atom. The van der Waals surface area contributed by atoms with Gasteiger partial charge in [-0.1, -0.05) is 6.07 Å². The van der Waals surface area contributed by atoms with E-state index in [-0.39, 0.29) is 17.9 Å². The van der Waals surface area contributed by atoms with E-state index < -0.39 is 11.5 Å². The molecule has 90 valence electrons. The summed E-state index contributed by atoms with van der Waals surface area (Å²) in [6.07, 6.45) is 1.19. The monoisotopic (exact) mass is 243 g/mol. The van der Waals surface area contributed by atoms with Gasteiger partial charge in [0.05, 0.1) is 12.8 Å². The lowest BCUT2D eigenvalue weighted by Crippen LogP contribution is -2.23. The van der Waals surface area contributed by atoms with E-state index in [4.69, 9.17) is 10.00 Å². The number of nitriles is 1. The summed E-state index contributed by atoms with van der Waals surface area (Å²) >= 11 is 0. The van der Waals surface area contributed by atoms with Crippen LogP contribution in [0.1, 0.15) is 23.0 Å².